The number of likely N-dealkylation sites (tertiary alicyclic amines) is 1. The van der Waals surface area contributed by atoms with Gasteiger partial charge in [0.25, 0.3) is 11.7 Å². The van der Waals surface area contributed by atoms with Gasteiger partial charge >= 0.3 is 0 Å². The molecule has 2 atom stereocenters. The fourth-order valence-corrected chi connectivity index (χ4v) is 4.58. The van der Waals surface area contributed by atoms with Crippen LogP contribution in [0.15, 0.2) is 48.0 Å². The Morgan fingerprint density at radius 3 is 2.43 bits per heavy atom. The van der Waals surface area contributed by atoms with Crippen LogP contribution in [-0.2, 0) is 14.3 Å². The van der Waals surface area contributed by atoms with Gasteiger partial charge in [-0.15, -0.1) is 0 Å². The first-order valence-corrected chi connectivity index (χ1v) is 11.9. The molecule has 186 valence electrons. The highest BCUT2D eigenvalue weighted by Gasteiger charge is 2.47. The number of carbonyl (C=O) groups is 2. The summed E-state index contributed by atoms with van der Waals surface area (Å²) in [7, 11) is 1.53. The van der Waals surface area contributed by atoms with Crippen LogP contribution in [0.1, 0.15) is 43.9 Å². The van der Waals surface area contributed by atoms with Crippen LogP contribution in [0, 0.1) is 0 Å². The highest BCUT2D eigenvalue weighted by atomic mass is 16.5. The number of amides is 1. The predicted octanol–water partition coefficient (Wildman–Crippen LogP) is 4.09. The maximum atomic E-state index is 13.3. The number of aliphatic hydroxyl groups excluding tert-OH is 1. The fourth-order valence-electron chi connectivity index (χ4n) is 4.58. The van der Waals surface area contributed by atoms with Gasteiger partial charge in [0.05, 0.1) is 38.0 Å². The lowest BCUT2D eigenvalue weighted by Gasteiger charge is -2.28. The van der Waals surface area contributed by atoms with Crippen LogP contribution in [-0.4, -0.2) is 61.3 Å². The molecule has 8 heteroatoms. The average Bonchev–Trinajstić information content (AvgIpc) is 3.47. The molecular formula is C27H31NO7. The molecule has 2 heterocycles. The summed E-state index contributed by atoms with van der Waals surface area (Å²) in [5.41, 5.74) is 1.09. The molecule has 2 aliphatic heterocycles. The lowest BCUT2D eigenvalue weighted by molar-refractivity contribution is -0.140. The summed E-state index contributed by atoms with van der Waals surface area (Å²) in [6.45, 7) is 5.62. The number of benzene rings is 2. The third-order valence-corrected chi connectivity index (χ3v) is 6.21. The Balaban J connectivity index is 1.81. The summed E-state index contributed by atoms with van der Waals surface area (Å²) in [5, 5.41) is 11.3. The molecule has 4 rings (SSSR count). The topological polar surface area (TPSA) is 94.5 Å². The summed E-state index contributed by atoms with van der Waals surface area (Å²) in [4.78, 5) is 27.9. The minimum absolute atomic E-state index is 0.0309. The number of hydrogen-bond donors (Lipinski definition) is 1. The number of nitrogens with zero attached hydrogens (tertiary/aromatic N) is 1. The van der Waals surface area contributed by atoms with Gasteiger partial charge in [0.2, 0.25) is 0 Å². The Bertz CT molecular complexity index is 1100. The summed E-state index contributed by atoms with van der Waals surface area (Å²) in [6, 6.07) is 11.3. The number of methoxy groups -OCH3 is 1. The van der Waals surface area contributed by atoms with E-state index < -0.39 is 17.7 Å². The van der Waals surface area contributed by atoms with Crippen LogP contribution in [0.25, 0.3) is 5.76 Å². The molecule has 0 radical (unpaired) electrons. The Morgan fingerprint density at radius 2 is 1.80 bits per heavy atom. The van der Waals surface area contributed by atoms with E-state index in [0.29, 0.717) is 48.2 Å². The van der Waals surface area contributed by atoms with Crippen molar-refractivity contribution in [2.45, 2.75) is 38.8 Å². The van der Waals surface area contributed by atoms with Crippen molar-refractivity contribution in [1.82, 2.24) is 4.90 Å². The van der Waals surface area contributed by atoms with Gasteiger partial charge in [-0.05, 0) is 68.7 Å². The molecule has 35 heavy (non-hydrogen) atoms. The first kappa shape index (κ1) is 24.6. The molecule has 2 aromatic carbocycles. The molecule has 2 aliphatic rings. The fraction of sp³-hybridized carbons (Fsp3) is 0.407. The van der Waals surface area contributed by atoms with Crippen molar-refractivity contribution in [2.75, 3.05) is 33.5 Å². The van der Waals surface area contributed by atoms with E-state index in [0.717, 1.165) is 12.8 Å². The maximum absolute atomic E-state index is 13.3. The molecule has 1 amide bonds. The van der Waals surface area contributed by atoms with Crippen molar-refractivity contribution in [3.05, 3.63) is 59.2 Å². The molecule has 8 nitrogen and oxygen atoms in total. The summed E-state index contributed by atoms with van der Waals surface area (Å²) in [5.74, 6) is 0.0577. The highest BCUT2D eigenvalue weighted by molar-refractivity contribution is 6.46. The van der Waals surface area contributed by atoms with Gasteiger partial charge in [-0.2, -0.15) is 0 Å². The van der Waals surface area contributed by atoms with E-state index in [-0.39, 0.29) is 24.0 Å². The predicted molar refractivity (Wildman–Crippen MR) is 130 cm³/mol. The van der Waals surface area contributed by atoms with Gasteiger partial charge < -0.3 is 29.0 Å². The first-order chi connectivity index (χ1) is 17.0. The van der Waals surface area contributed by atoms with Crippen molar-refractivity contribution in [1.29, 1.82) is 0 Å². The smallest absolute Gasteiger partial charge is 0.295 e. The number of ketones is 1. The van der Waals surface area contributed by atoms with Gasteiger partial charge in [-0.3, -0.25) is 9.59 Å². The number of aliphatic hydroxyl groups is 1. The summed E-state index contributed by atoms with van der Waals surface area (Å²) >= 11 is 0. The molecule has 0 spiro atoms. The number of carbonyl (C=O) groups excluding carboxylic acids is 2. The van der Waals surface area contributed by atoms with Crippen LogP contribution in [0.3, 0.4) is 0 Å². The van der Waals surface area contributed by atoms with Crippen molar-refractivity contribution in [3.8, 4) is 17.2 Å². The van der Waals surface area contributed by atoms with Crippen LogP contribution in [0.5, 0.6) is 17.2 Å². The molecule has 2 unspecified atom stereocenters. The average molecular weight is 482 g/mol. The number of rotatable bonds is 9. The molecule has 0 bridgehead atoms. The lowest BCUT2D eigenvalue weighted by Crippen LogP contribution is -2.36. The van der Waals surface area contributed by atoms with Crippen LogP contribution >= 0.6 is 0 Å². The molecule has 0 aliphatic carbocycles. The normalized spacial score (nSPS) is 21.4. The standard InChI is InChI=1S/C27H31NO7/c1-4-33-19-11-8-17(9-12-19)25(29)23-24(18-10-13-21(34-5-2)22(15-18)32-3)28(27(31)26(23)30)16-20-7-6-14-35-20/h8-13,15,20,24,29H,4-7,14,16H2,1-3H3/b25-23-. The van der Waals surface area contributed by atoms with Gasteiger partial charge in [0.1, 0.15) is 11.5 Å². The van der Waals surface area contributed by atoms with Gasteiger partial charge in [-0.1, -0.05) is 6.07 Å². The quantitative estimate of drug-likeness (QED) is 0.327. The van der Waals surface area contributed by atoms with Gasteiger partial charge in [-0.25, -0.2) is 0 Å². The largest absolute Gasteiger partial charge is 0.507 e. The van der Waals surface area contributed by atoms with E-state index >= 15 is 0 Å². The van der Waals surface area contributed by atoms with Crippen molar-refractivity contribution < 1.29 is 33.6 Å². The van der Waals surface area contributed by atoms with Crippen LogP contribution in [0.2, 0.25) is 0 Å². The minimum atomic E-state index is -0.796. The van der Waals surface area contributed by atoms with Crippen LogP contribution < -0.4 is 14.2 Å². The second-order valence-corrected chi connectivity index (χ2v) is 8.39. The van der Waals surface area contributed by atoms with E-state index in [1.54, 1.807) is 42.5 Å². The first-order valence-electron chi connectivity index (χ1n) is 11.9. The van der Waals surface area contributed by atoms with E-state index in [2.05, 4.69) is 0 Å². The van der Waals surface area contributed by atoms with Crippen molar-refractivity contribution in [2.24, 2.45) is 0 Å². The maximum Gasteiger partial charge on any atom is 0.295 e. The third-order valence-electron chi connectivity index (χ3n) is 6.21. The Kier molecular flexibility index (Phi) is 7.60. The van der Waals surface area contributed by atoms with E-state index in [1.165, 1.54) is 12.0 Å². The molecule has 1 N–H and O–H groups in total. The monoisotopic (exact) mass is 481 g/mol. The van der Waals surface area contributed by atoms with Gasteiger partial charge in [0.15, 0.2) is 11.5 Å². The molecule has 2 fully saturated rings. The molecular weight excluding hydrogens is 450 g/mol. The van der Waals surface area contributed by atoms with E-state index in [4.69, 9.17) is 18.9 Å². The SMILES string of the molecule is CCOc1ccc(/C(O)=C2/C(=O)C(=O)N(CC3CCCO3)C2c2ccc(OCC)c(OC)c2)cc1. The lowest BCUT2D eigenvalue weighted by atomic mass is 9.94. The zero-order valence-electron chi connectivity index (χ0n) is 20.3. The molecule has 2 saturated heterocycles. The Labute approximate surface area is 205 Å². The zero-order chi connectivity index (χ0) is 24.9. The highest BCUT2D eigenvalue weighted by Crippen LogP contribution is 2.42. The number of Topliss-reactive ketones (excluding diaryl/α,β-unsaturated/α-hetero) is 1. The molecule has 2 aromatic rings. The van der Waals surface area contributed by atoms with E-state index in [9.17, 15) is 14.7 Å². The summed E-state index contributed by atoms with van der Waals surface area (Å²) < 4.78 is 22.4. The zero-order valence-corrected chi connectivity index (χ0v) is 20.3. The molecule has 0 aromatic heterocycles. The second kappa shape index (κ2) is 10.8. The Hall–Kier alpha value is -3.52. The minimum Gasteiger partial charge on any atom is -0.507 e. The number of hydrogen-bond acceptors (Lipinski definition) is 7. The molecule has 0 saturated carbocycles. The van der Waals surface area contributed by atoms with Crippen molar-refractivity contribution in [3.63, 3.8) is 0 Å². The van der Waals surface area contributed by atoms with Crippen molar-refractivity contribution >= 4 is 17.4 Å². The van der Waals surface area contributed by atoms with Crippen LogP contribution in [0.4, 0.5) is 0 Å². The third kappa shape index (κ3) is 4.98. The Morgan fingerprint density at radius 1 is 1.06 bits per heavy atom. The second-order valence-electron chi connectivity index (χ2n) is 8.39. The number of ether oxygens (including phenoxy) is 4. The van der Waals surface area contributed by atoms with E-state index in [1.807, 2.05) is 13.8 Å². The summed E-state index contributed by atoms with van der Waals surface area (Å²) in [6.07, 6.45) is 1.55. The van der Waals surface area contributed by atoms with Gasteiger partial charge in [0, 0.05) is 18.7 Å².